The topological polar surface area (TPSA) is 65.2 Å². The van der Waals surface area contributed by atoms with Gasteiger partial charge in [-0.15, -0.1) is 0 Å². The highest BCUT2D eigenvalue weighted by atomic mass is 32.2. The predicted molar refractivity (Wildman–Crippen MR) is 45.6 cm³/mol. The standard InChI is InChI=1S/C7H8N2O2S/c1-11-7(10)6-5(12-8)3-2-4-9-6/h2-4H,8H2,1H3. The lowest BCUT2D eigenvalue weighted by atomic mass is 10.3. The normalized spacial score (nSPS) is 9.50. The first-order chi connectivity index (χ1) is 5.79. The van der Waals surface area contributed by atoms with Crippen LogP contribution in [0.4, 0.5) is 0 Å². The van der Waals surface area contributed by atoms with Gasteiger partial charge in [0.05, 0.1) is 12.0 Å². The fourth-order valence-corrected chi connectivity index (χ4v) is 1.14. The largest absolute Gasteiger partial charge is 0.464 e. The van der Waals surface area contributed by atoms with Crippen LogP contribution in [0, 0.1) is 0 Å². The van der Waals surface area contributed by atoms with Gasteiger partial charge in [0.1, 0.15) is 0 Å². The predicted octanol–water partition coefficient (Wildman–Crippen LogP) is 0.834. The molecule has 1 heterocycles. The molecule has 0 saturated carbocycles. The summed E-state index contributed by atoms with van der Waals surface area (Å²) in [7, 11) is 1.31. The van der Waals surface area contributed by atoms with Gasteiger partial charge < -0.3 is 4.74 Å². The van der Waals surface area contributed by atoms with E-state index in [0.29, 0.717) is 4.90 Å². The molecule has 1 rings (SSSR count). The lowest BCUT2D eigenvalue weighted by molar-refractivity contribution is 0.0589. The van der Waals surface area contributed by atoms with Crippen molar-refractivity contribution >= 4 is 17.9 Å². The van der Waals surface area contributed by atoms with Crippen molar-refractivity contribution in [2.75, 3.05) is 7.11 Å². The third-order valence-corrected chi connectivity index (χ3v) is 1.86. The Morgan fingerprint density at radius 3 is 3.08 bits per heavy atom. The third-order valence-electron chi connectivity index (χ3n) is 1.28. The van der Waals surface area contributed by atoms with E-state index in [4.69, 9.17) is 5.14 Å². The summed E-state index contributed by atoms with van der Waals surface area (Å²) in [6.45, 7) is 0. The van der Waals surface area contributed by atoms with E-state index in [1.807, 2.05) is 0 Å². The molecule has 64 valence electrons. The highest BCUT2D eigenvalue weighted by Crippen LogP contribution is 2.15. The van der Waals surface area contributed by atoms with Gasteiger partial charge in [0.25, 0.3) is 0 Å². The number of hydrogen-bond acceptors (Lipinski definition) is 5. The van der Waals surface area contributed by atoms with Crippen molar-refractivity contribution in [2.45, 2.75) is 4.90 Å². The molecule has 0 amide bonds. The second-order valence-corrected chi connectivity index (χ2v) is 2.64. The fourth-order valence-electron chi connectivity index (χ4n) is 0.736. The summed E-state index contributed by atoms with van der Waals surface area (Å²) in [6, 6.07) is 3.42. The molecule has 5 heteroatoms. The molecule has 0 unspecified atom stereocenters. The number of methoxy groups -OCH3 is 1. The van der Waals surface area contributed by atoms with Crippen LogP contribution in [0.2, 0.25) is 0 Å². The summed E-state index contributed by atoms with van der Waals surface area (Å²) >= 11 is 0.976. The van der Waals surface area contributed by atoms with Crippen LogP contribution in [0.5, 0.6) is 0 Å². The first-order valence-corrected chi connectivity index (χ1v) is 4.07. The number of rotatable bonds is 2. The lowest BCUT2D eigenvalue weighted by Gasteiger charge is -2.01. The number of esters is 1. The van der Waals surface area contributed by atoms with Crippen molar-refractivity contribution in [2.24, 2.45) is 5.14 Å². The summed E-state index contributed by atoms with van der Waals surface area (Å²) < 4.78 is 4.51. The van der Waals surface area contributed by atoms with Crippen molar-refractivity contribution in [3.63, 3.8) is 0 Å². The Hall–Kier alpha value is -1.07. The zero-order valence-electron chi connectivity index (χ0n) is 6.48. The smallest absolute Gasteiger partial charge is 0.357 e. The molecule has 0 aliphatic rings. The first kappa shape index (κ1) is 9.02. The number of carbonyl (C=O) groups is 1. The fraction of sp³-hybridized carbons (Fsp3) is 0.143. The molecule has 0 aliphatic carbocycles. The van der Waals surface area contributed by atoms with E-state index in [9.17, 15) is 4.79 Å². The molecule has 2 N–H and O–H groups in total. The second kappa shape index (κ2) is 4.08. The van der Waals surface area contributed by atoms with E-state index < -0.39 is 5.97 Å². The second-order valence-electron chi connectivity index (χ2n) is 1.96. The van der Waals surface area contributed by atoms with Crippen LogP contribution < -0.4 is 5.14 Å². The summed E-state index contributed by atoms with van der Waals surface area (Å²) in [5, 5.41) is 5.31. The van der Waals surface area contributed by atoms with Gasteiger partial charge in [0.2, 0.25) is 0 Å². The highest BCUT2D eigenvalue weighted by molar-refractivity contribution is 7.97. The van der Waals surface area contributed by atoms with Crippen molar-refractivity contribution in [3.8, 4) is 0 Å². The van der Waals surface area contributed by atoms with E-state index in [0.717, 1.165) is 11.9 Å². The molecule has 4 nitrogen and oxygen atoms in total. The quantitative estimate of drug-likeness (QED) is 0.545. The zero-order valence-corrected chi connectivity index (χ0v) is 7.30. The summed E-state index contributed by atoms with van der Waals surface area (Å²) in [5.41, 5.74) is 0.257. The molecule has 0 spiro atoms. The highest BCUT2D eigenvalue weighted by Gasteiger charge is 2.11. The minimum absolute atomic E-state index is 0.257. The minimum atomic E-state index is -0.469. The number of nitrogens with two attached hydrogens (primary N) is 1. The molecular weight excluding hydrogens is 176 g/mol. The van der Waals surface area contributed by atoms with Crippen molar-refractivity contribution in [1.29, 1.82) is 0 Å². The summed E-state index contributed by atoms with van der Waals surface area (Å²) in [6.07, 6.45) is 1.52. The lowest BCUT2D eigenvalue weighted by Crippen LogP contribution is -2.06. The maximum atomic E-state index is 11.0. The number of aromatic nitrogens is 1. The average molecular weight is 184 g/mol. The van der Waals surface area contributed by atoms with Crippen LogP contribution in [-0.2, 0) is 4.74 Å². The van der Waals surface area contributed by atoms with Crippen LogP contribution in [0.3, 0.4) is 0 Å². The van der Waals surface area contributed by atoms with Crippen molar-refractivity contribution in [3.05, 3.63) is 24.0 Å². The Kier molecular flexibility index (Phi) is 3.07. The van der Waals surface area contributed by atoms with Crippen LogP contribution in [0.25, 0.3) is 0 Å². The van der Waals surface area contributed by atoms with Crippen LogP contribution in [-0.4, -0.2) is 18.1 Å². The number of nitrogens with zero attached hydrogens (tertiary/aromatic N) is 1. The van der Waals surface area contributed by atoms with Gasteiger partial charge in [-0.1, -0.05) is 0 Å². The number of carbonyl (C=O) groups excluding carboxylic acids is 1. The molecular formula is C7H8N2O2S. The molecule has 0 saturated heterocycles. The van der Waals surface area contributed by atoms with Crippen LogP contribution >= 0.6 is 11.9 Å². The Bertz CT molecular complexity index is 290. The third kappa shape index (κ3) is 1.75. The molecule has 12 heavy (non-hydrogen) atoms. The molecule has 1 aromatic heterocycles. The van der Waals surface area contributed by atoms with E-state index in [-0.39, 0.29) is 5.69 Å². The van der Waals surface area contributed by atoms with Crippen LogP contribution in [0.1, 0.15) is 10.5 Å². The maximum Gasteiger partial charge on any atom is 0.357 e. The van der Waals surface area contributed by atoms with Gasteiger partial charge in [-0.3, -0.25) is 5.14 Å². The van der Waals surface area contributed by atoms with Gasteiger partial charge in [-0.2, -0.15) is 0 Å². The van der Waals surface area contributed by atoms with Gasteiger partial charge in [-0.05, 0) is 24.1 Å². The van der Waals surface area contributed by atoms with Gasteiger partial charge in [0, 0.05) is 6.20 Å². The average Bonchev–Trinajstić information content (AvgIpc) is 2.16. The zero-order chi connectivity index (χ0) is 8.97. The number of ether oxygens (including phenoxy) is 1. The summed E-state index contributed by atoms with van der Waals surface area (Å²) in [5.74, 6) is -0.469. The maximum absolute atomic E-state index is 11.0. The van der Waals surface area contributed by atoms with Gasteiger partial charge in [0.15, 0.2) is 5.69 Å². The van der Waals surface area contributed by atoms with Crippen molar-refractivity contribution in [1.82, 2.24) is 4.98 Å². The SMILES string of the molecule is COC(=O)c1ncccc1SN. The summed E-state index contributed by atoms with van der Waals surface area (Å²) in [4.78, 5) is 15.5. The Balaban J connectivity index is 3.04. The molecule has 0 aliphatic heterocycles. The Morgan fingerprint density at radius 1 is 1.75 bits per heavy atom. The van der Waals surface area contributed by atoms with Crippen LogP contribution in [0.15, 0.2) is 23.2 Å². The van der Waals surface area contributed by atoms with E-state index in [1.165, 1.54) is 13.3 Å². The molecule has 1 aromatic rings. The van der Waals surface area contributed by atoms with E-state index in [1.54, 1.807) is 12.1 Å². The molecule has 0 atom stereocenters. The van der Waals surface area contributed by atoms with E-state index in [2.05, 4.69) is 9.72 Å². The molecule has 0 bridgehead atoms. The molecule has 0 aromatic carbocycles. The first-order valence-electron chi connectivity index (χ1n) is 3.19. The van der Waals surface area contributed by atoms with E-state index >= 15 is 0 Å². The molecule has 0 fully saturated rings. The Labute approximate surface area is 74.3 Å². The minimum Gasteiger partial charge on any atom is -0.464 e. The Morgan fingerprint density at radius 2 is 2.50 bits per heavy atom. The number of pyridine rings is 1. The molecule has 0 radical (unpaired) electrons. The van der Waals surface area contributed by atoms with Crippen molar-refractivity contribution < 1.29 is 9.53 Å². The monoisotopic (exact) mass is 184 g/mol. The number of hydrogen-bond donors (Lipinski definition) is 1. The van der Waals surface area contributed by atoms with Gasteiger partial charge in [-0.25, -0.2) is 9.78 Å². The van der Waals surface area contributed by atoms with Gasteiger partial charge >= 0.3 is 5.97 Å².